The third kappa shape index (κ3) is 3.45. The fourth-order valence-corrected chi connectivity index (χ4v) is 1.85. The Labute approximate surface area is 116 Å². The standard InChI is InChI=1S/C14H14ClN3O/c1-2-16-11-7-4-3-6-10(11)14(19)18-13-9-5-8-12(15)17-13/h3-9,16H,2H2,1H3,(H,17,18,19). The summed E-state index contributed by atoms with van der Waals surface area (Å²) in [6, 6.07) is 12.4. The van der Waals surface area contributed by atoms with Crippen LogP contribution in [0.25, 0.3) is 0 Å². The molecule has 1 aromatic carbocycles. The molecule has 19 heavy (non-hydrogen) atoms. The Bertz CT molecular complexity index is 586. The van der Waals surface area contributed by atoms with E-state index < -0.39 is 0 Å². The number of carbonyl (C=O) groups excluding carboxylic acids is 1. The molecule has 0 aliphatic rings. The Hall–Kier alpha value is -2.07. The number of hydrogen-bond donors (Lipinski definition) is 2. The van der Waals surface area contributed by atoms with Crippen LogP contribution < -0.4 is 10.6 Å². The molecule has 4 nitrogen and oxygen atoms in total. The van der Waals surface area contributed by atoms with E-state index in [0.29, 0.717) is 16.5 Å². The normalized spacial score (nSPS) is 10.0. The van der Waals surface area contributed by atoms with Crippen molar-refractivity contribution in [1.29, 1.82) is 0 Å². The lowest BCUT2D eigenvalue weighted by Crippen LogP contribution is -2.15. The van der Waals surface area contributed by atoms with E-state index in [1.165, 1.54) is 0 Å². The average Bonchev–Trinajstić information content (AvgIpc) is 2.39. The zero-order valence-corrected chi connectivity index (χ0v) is 11.2. The van der Waals surface area contributed by atoms with Crippen LogP contribution in [0.15, 0.2) is 42.5 Å². The molecule has 1 aromatic heterocycles. The summed E-state index contributed by atoms with van der Waals surface area (Å²) in [5.74, 6) is 0.218. The zero-order valence-electron chi connectivity index (χ0n) is 10.5. The number of nitrogens with zero attached hydrogens (tertiary/aromatic N) is 1. The van der Waals surface area contributed by atoms with Crippen LogP contribution in [-0.4, -0.2) is 17.4 Å². The fraction of sp³-hybridized carbons (Fsp3) is 0.143. The van der Waals surface area contributed by atoms with Gasteiger partial charge in [-0.15, -0.1) is 0 Å². The topological polar surface area (TPSA) is 54.0 Å². The smallest absolute Gasteiger partial charge is 0.258 e. The number of amides is 1. The first-order chi connectivity index (χ1) is 9.20. The molecule has 0 bridgehead atoms. The monoisotopic (exact) mass is 275 g/mol. The molecule has 2 aromatic rings. The van der Waals surface area contributed by atoms with Gasteiger partial charge in [0.1, 0.15) is 11.0 Å². The number of pyridine rings is 1. The number of carbonyl (C=O) groups is 1. The highest BCUT2D eigenvalue weighted by molar-refractivity contribution is 6.29. The van der Waals surface area contributed by atoms with E-state index in [-0.39, 0.29) is 5.91 Å². The predicted octanol–water partition coefficient (Wildman–Crippen LogP) is 3.42. The molecule has 0 spiro atoms. The van der Waals surface area contributed by atoms with E-state index in [0.717, 1.165) is 12.2 Å². The van der Waals surface area contributed by atoms with E-state index in [4.69, 9.17) is 11.6 Å². The highest BCUT2D eigenvalue weighted by atomic mass is 35.5. The van der Waals surface area contributed by atoms with Crippen LogP contribution >= 0.6 is 11.6 Å². The maximum absolute atomic E-state index is 12.2. The second-order valence-corrected chi connectivity index (χ2v) is 4.26. The molecule has 0 saturated carbocycles. The van der Waals surface area contributed by atoms with Crippen LogP contribution in [0.2, 0.25) is 5.15 Å². The molecule has 1 amide bonds. The van der Waals surface area contributed by atoms with Gasteiger partial charge in [0.05, 0.1) is 5.56 Å². The summed E-state index contributed by atoms with van der Waals surface area (Å²) >= 11 is 5.78. The Morgan fingerprint density at radius 2 is 2.00 bits per heavy atom. The zero-order chi connectivity index (χ0) is 13.7. The van der Waals surface area contributed by atoms with Gasteiger partial charge in [0, 0.05) is 12.2 Å². The second-order valence-electron chi connectivity index (χ2n) is 3.88. The van der Waals surface area contributed by atoms with Gasteiger partial charge < -0.3 is 10.6 Å². The van der Waals surface area contributed by atoms with E-state index in [2.05, 4.69) is 15.6 Å². The van der Waals surface area contributed by atoms with Gasteiger partial charge in [-0.3, -0.25) is 4.79 Å². The number of aromatic nitrogens is 1. The molecule has 2 N–H and O–H groups in total. The number of halogens is 1. The van der Waals surface area contributed by atoms with Crippen LogP contribution in [0.4, 0.5) is 11.5 Å². The van der Waals surface area contributed by atoms with Gasteiger partial charge >= 0.3 is 0 Å². The molecular formula is C14H14ClN3O. The highest BCUT2D eigenvalue weighted by Crippen LogP contribution is 2.17. The van der Waals surface area contributed by atoms with Crippen molar-refractivity contribution in [2.45, 2.75) is 6.92 Å². The number of hydrogen-bond acceptors (Lipinski definition) is 3. The maximum atomic E-state index is 12.2. The summed E-state index contributed by atoms with van der Waals surface area (Å²) < 4.78 is 0. The number of anilines is 2. The minimum atomic E-state index is -0.216. The first kappa shape index (κ1) is 13.4. The lowest BCUT2D eigenvalue weighted by atomic mass is 10.1. The van der Waals surface area contributed by atoms with Crippen molar-refractivity contribution in [3.05, 3.63) is 53.2 Å². The summed E-state index contributed by atoms with van der Waals surface area (Å²) in [4.78, 5) is 16.2. The molecule has 98 valence electrons. The molecule has 0 unspecified atom stereocenters. The summed E-state index contributed by atoms with van der Waals surface area (Å²) in [7, 11) is 0. The molecular weight excluding hydrogens is 262 g/mol. The van der Waals surface area contributed by atoms with E-state index in [1.807, 2.05) is 25.1 Å². The van der Waals surface area contributed by atoms with Gasteiger partial charge in [-0.05, 0) is 31.2 Å². The van der Waals surface area contributed by atoms with Crippen LogP contribution in [0, 0.1) is 0 Å². The Morgan fingerprint density at radius 1 is 1.21 bits per heavy atom. The third-order valence-electron chi connectivity index (χ3n) is 2.50. The summed E-state index contributed by atoms with van der Waals surface area (Å²) in [6.07, 6.45) is 0. The van der Waals surface area contributed by atoms with Gasteiger partial charge in [-0.2, -0.15) is 0 Å². The van der Waals surface area contributed by atoms with Gasteiger partial charge in [-0.25, -0.2) is 4.98 Å². The van der Waals surface area contributed by atoms with Gasteiger partial charge in [0.25, 0.3) is 5.91 Å². The van der Waals surface area contributed by atoms with Crippen LogP contribution in [0.5, 0.6) is 0 Å². The summed E-state index contributed by atoms with van der Waals surface area (Å²) in [5, 5.41) is 6.22. The van der Waals surface area contributed by atoms with Crippen molar-refractivity contribution >= 4 is 29.0 Å². The molecule has 0 atom stereocenters. The maximum Gasteiger partial charge on any atom is 0.258 e. The van der Waals surface area contributed by atoms with E-state index in [9.17, 15) is 4.79 Å². The highest BCUT2D eigenvalue weighted by Gasteiger charge is 2.11. The SMILES string of the molecule is CCNc1ccccc1C(=O)Nc1cccc(Cl)n1. The van der Waals surface area contributed by atoms with E-state index in [1.54, 1.807) is 24.3 Å². The van der Waals surface area contributed by atoms with Gasteiger partial charge in [0.2, 0.25) is 0 Å². The first-order valence-electron chi connectivity index (χ1n) is 5.97. The van der Waals surface area contributed by atoms with Crippen molar-refractivity contribution < 1.29 is 4.79 Å². The minimum Gasteiger partial charge on any atom is -0.385 e. The van der Waals surface area contributed by atoms with Gasteiger partial charge in [-0.1, -0.05) is 29.8 Å². The average molecular weight is 276 g/mol. The lowest BCUT2D eigenvalue weighted by Gasteiger charge is -2.10. The number of nitrogens with one attached hydrogen (secondary N) is 2. The number of rotatable bonds is 4. The van der Waals surface area contributed by atoms with Crippen LogP contribution in [0.1, 0.15) is 17.3 Å². The molecule has 5 heteroatoms. The molecule has 1 heterocycles. The first-order valence-corrected chi connectivity index (χ1v) is 6.35. The third-order valence-corrected chi connectivity index (χ3v) is 2.71. The van der Waals surface area contributed by atoms with Gasteiger partial charge in [0.15, 0.2) is 0 Å². The summed E-state index contributed by atoms with van der Waals surface area (Å²) in [5.41, 5.74) is 1.37. The van der Waals surface area contributed by atoms with Crippen molar-refractivity contribution in [2.75, 3.05) is 17.2 Å². The molecule has 0 saturated heterocycles. The predicted molar refractivity (Wildman–Crippen MR) is 77.8 cm³/mol. The molecule has 0 aliphatic carbocycles. The molecule has 0 fully saturated rings. The van der Waals surface area contributed by atoms with Crippen molar-refractivity contribution in [2.24, 2.45) is 0 Å². The van der Waals surface area contributed by atoms with Crippen LogP contribution in [-0.2, 0) is 0 Å². The van der Waals surface area contributed by atoms with Crippen molar-refractivity contribution in [3.63, 3.8) is 0 Å². The number of para-hydroxylation sites is 1. The van der Waals surface area contributed by atoms with Crippen LogP contribution in [0.3, 0.4) is 0 Å². The number of benzene rings is 1. The Balaban J connectivity index is 2.20. The molecule has 2 rings (SSSR count). The Kier molecular flexibility index (Phi) is 4.36. The summed E-state index contributed by atoms with van der Waals surface area (Å²) in [6.45, 7) is 2.73. The molecule has 0 radical (unpaired) electrons. The fourth-order valence-electron chi connectivity index (χ4n) is 1.69. The quantitative estimate of drug-likeness (QED) is 0.841. The minimum absolute atomic E-state index is 0.216. The molecule has 0 aliphatic heterocycles. The Morgan fingerprint density at radius 3 is 2.74 bits per heavy atom. The van der Waals surface area contributed by atoms with E-state index >= 15 is 0 Å². The largest absolute Gasteiger partial charge is 0.385 e. The van der Waals surface area contributed by atoms with Crippen molar-refractivity contribution in [3.8, 4) is 0 Å². The second kappa shape index (κ2) is 6.20. The van der Waals surface area contributed by atoms with Crippen molar-refractivity contribution in [1.82, 2.24) is 4.98 Å². The lowest BCUT2D eigenvalue weighted by molar-refractivity contribution is 0.102.